The first-order chi connectivity index (χ1) is 20.0. The molecule has 4 amide bonds. The van der Waals surface area contributed by atoms with Crippen molar-refractivity contribution in [2.45, 2.75) is 98.2 Å². The van der Waals surface area contributed by atoms with Crippen LogP contribution in [0.4, 0.5) is 0 Å². The number of carbonyl (C=O) groups is 4. The first-order valence-corrected chi connectivity index (χ1v) is 15.8. The van der Waals surface area contributed by atoms with Crippen molar-refractivity contribution in [1.29, 1.82) is 0 Å². The number of rotatable bonds is 13. The number of likely N-dealkylation sites (N-methyl/N-ethyl adjacent to an activating group) is 3. The molecule has 1 heterocycles. The Morgan fingerprint density at radius 1 is 1.02 bits per heavy atom. The lowest BCUT2D eigenvalue weighted by molar-refractivity contribution is -0.143. The van der Waals surface area contributed by atoms with Gasteiger partial charge in [0.25, 0.3) is 0 Å². The third-order valence-electron chi connectivity index (χ3n) is 9.15. The molecule has 242 valence electrons. The Balaban J connectivity index is 2.20. The van der Waals surface area contributed by atoms with E-state index in [9.17, 15) is 19.2 Å². The number of likely N-dealkylation sites (tertiary alicyclic amines) is 1. The number of hydrogen-bond acceptors (Lipinski definition) is 5. The second-order valence-electron chi connectivity index (χ2n) is 14.2. The van der Waals surface area contributed by atoms with E-state index in [4.69, 9.17) is 0 Å². The van der Waals surface area contributed by atoms with E-state index < -0.39 is 22.9 Å². The fourth-order valence-electron chi connectivity index (χ4n) is 6.34. The van der Waals surface area contributed by atoms with Crippen LogP contribution in [0.5, 0.6) is 0 Å². The van der Waals surface area contributed by atoms with E-state index in [1.54, 1.807) is 23.9 Å². The zero-order chi connectivity index (χ0) is 32.7. The molecule has 0 radical (unpaired) electrons. The summed E-state index contributed by atoms with van der Waals surface area (Å²) < 4.78 is 0. The third-order valence-corrected chi connectivity index (χ3v) is 9.15. The molecular formula is C34H57N5O4. The molecule has 0 saturated carbocycles. The summed E-state index contributed by atoms with van der Waals surface area (Å²) in [6.45, 7) is 17.4. The summed E-state index contributed by atoms with van der Waals surface area (Å²) in [5.74, 6) is -0.707. The molecule has 0 bridgehead atoms. The van der Waals surface area contributed by atoms with Crippen molar-refractivity contribution in [1.82, 2.24) is 25.3 Å². The van der Waals surface area contributed by atoms with Gasteiger partial charge < -0.3 is 20.4 Å². The van der Waals surface area contributed by atoms with E-state index in [0.29, 0.717) is 25.9 Å². The molecule has 43 heavy (non-hydrogen) atoms. The van der Waals surface area contributed by atoms with Crippen LogP contribution in [0, 0.1) is 17.3 Å². The monoisotopic (exact) mass is 599 g/mol. The van der Waals surface area contributed by atoms with Crippen LogP contribution in [0.2, 0.25) is 0 Å². The molecule has 1 fully saturated rings. The molecule has 9 nitrogen and oxygen atoms in total. The third kappa shape index (κ3) is 9.03. The predicted molar refractivity (Wildman–Crippen MR) is 172 cm³/mol. The molecule has 0 aliphatic carbocycles. The number of amides is 4. The summed E-state index contributed by atoms with van der Waals surface area (Å²) in [6.07, 6.45) is 2.11. The first-order valence-electron chi connectivity index (χ1n) is 15.8. The largest absolute Gasteiger partial charge is 0.357 e. The molecule has 2 N–H and O–H groups in total. The highest BCUT2D eigenvalue weighted by atomic mass is 16.2. The van der Waals surface area contributed by atoms with Gasteiger partial charge in [0.1, 0.15) is 12.1 Å². The molecule has 1 aliphatic rings. The molecule has 1 saturated heterocycles. The molecule has 1 aromatic carbocycles. The van der Waals surface area contributed by atoms with Gasteiger partial charge in [-0.05, 0) is 43.2 Å². The standard InChI is InChI=1S/C34H57N5O4/c1-12-25(34(7,8)24-17-14-13-15-18-24)30(41)36-29(33(4,5)6)32(43)38(11)27(23(2)3)21-37(10)22-28(40)39-20-16-19-26(39)31(42)35-9/h13-15,17-18,23,25-27,29H,12,16,19-22H2,1-11H3,(H,35,42)(H,36,41)/t25-,26+,27-,29-/m1/s1. The van der Waals surface area contributed by atoms with Crippen LogP contribution in [-0.4, -0.2) is 97.2 Å². The Morgan fingerprint density at radius 3 is 2.14 bits per heavy atom. The van der Waals surface area contributed by atoms with Gasteiger partial charge in [0.15, 0.2) is 0 Å². The second kappa shape index (κ2) is 15.2. The van der Waals surface area contributed by atoms with Crippen molar-refractivity contribution in [2.75, 3.05) is 40.8 Å². The maximum Gasteiger partial charge on any atom is 0.245 e. The zero-order valence-corrected chi connectivity index (χ0v) is 28.5. The smallest absolute Gasteiger partial charge is 0.245 e. The van der Waals surface area contributed by atoms with E-state index in [-0.39, 0.29) is 48.1 Å². The molecule has 0 unspecified atom stereocenters. The van der Waals surface area contributed by atoms with Crippen LogP contribution < -0.4 is 10.6 Å². The van der Waals surface area contributed by atoms with Crippen molar-refractivity contribution in [3.63, 3.8) is 0 Å². The minimum atomic E-state index is -0.725. The Bertz CT molecular complexity index is 1100. The average Bonchev–Trinajstić information content (AvgIpc) is 3.44. The van der Waals surface area contributed by atoms with Gasteiger partial charge in [-0.1, -0.05) is 85.7 Å². The van der Waals surface area contributed by atoms with Gasteiger partial charge >= 0.3 is 0 Å². The maximum absolute atomic E-state index is 14.1. The Morgan fingerprint density at radius 2 is 1.63 bits per heavy atom. The van der Waals surface area contributed by atoms with Crippen molar-refractivity contribution >= 4 is 23.6 Å². The van der Waals surface area contributed by atoms with Gasteiger partial charge in [0.05, 0.1) is 6.54 Å². The molecule has 0 aromatic heterocycles. The number of carbonyl (C=O) groups excluding carboxylic acids is 4. The van der Waals surface area contributed by atoms with E-state index in [1.807, 2.05) is 70.0 Å². The zero-order valence-electron chi connectivity index (χ0n) is 28.5. The number of nitrogens with one attached hydrogen (secondary N) is 2. The van der Waals surface area contributed by atoms with Crippen LogP contribution in [0.15, 0.2) is 30.3 Å². The van der Waals surface area contributed by atoms with Crippen LogP contribution >= 0.6 is 0 Å². The lowest BCUT2D eigenvalue weighted by Crippen LogP contribution is -2.59. The van der Waals surface area contributed by atoms with E-state index in [1.165, 1.54) is 0 Å². The highest BCUT2D eigenvalue weighted by molar-refractivity contribution is 5.90. The molecule has 1 aliphatic heterocycles. The molecule has 9 heteroatoms. The fraction of sp³-hybridized carbons (Fsp3) is 0.706. The average molecular weight is 600 g/mol. The van der Waals surface area contributed by atoms with E-state index >= 15 is 0 Å². The highest BCUT2D eigenvalue weighted by Gasteiger charge is 2.42. The van der Waals surface area contributed by atoms with Gasteiger partial charge in [0, 0.05) is 44.6 Å². The first kappa shape index (κ1) is 36.3. The van der Waals surface area contributed by atoms with Crippen LogP contribution in [-0.2, 0) is 24.6 Å². The van der Waals surface area contributed by atoms with Crippen molar-refractivity contribution in [3.05, 3.63) is 35.9 Å². The molecule has 4 atom stereocenters. The quantitative estimate of drug-likeness (QED) is 0.360. The Hall–Kier alpha value is -2.94. The van der Waals surface area contributed by atoms with E-state index in [2.05, 4.69) is 38.3 Å². The molecule has 0 spiro atoms. The Labute approximate surface area is 260 Å². The summed E-state index contributed by atoms with van der Waals surface area (Å²) >= 11 is 0. The topological polar surface area (TPSA) is 102 Å². The van der Waals surface area contributed by atoms with E-state index in [0.717, 1.165) is 12.0 Å². The van der Waals surface area contributed by atoms with Gasteiger partial charge in [0.2, 0.25) is 23.6 Å². The number of nitrogens with zero attached hydrogens (tertiary/aromatic N) is 3. The summed E-state index contributed by atoms with van der Waals surface area (Å²) in [7, 11) is 5.26. The second-order valence-corrected chi connectivity index (χ2v) is 14.2. The van der Waals surface area contributed by atoms with Crippen molar-refractivity contribution in [2.24, 2.45) is 17.3 Å². The predicted octanol–water partition coefficient (Wildman–Crippen LogP) is 3.67. The van der Waals surface area contributed by atoms with Crippen LogP contribution in [0.25, 0.3) is 0 Å². The van der Waals surface area contributed by atoms with Gasteiger partial charge in [-0.25, -0.2) is 0 Å². The molecular weight excluding hydrogens is 542 g/mol. The van der Waals surface area contributed by atoms with Crippen molar-refractivity contribution in [3.8, 4) is 0 Å². The Kier molecular flexibility index (Phi) is 12.8. The summed E-state index contributed by atoms with van der Waals surface area (Å²) in [5.41, 5.74) is 0.143. The summed E-state index contributed by atoms with van der Waals surface area (Å²) in [4.78, 5) is 58.7. The van der Waals surface area contributed by atoms with Crippen molar-refractivity contribution < 1.29 is 19.2 Å². The minimum absolute atomic E-state index is 0.0865. The summed E-state index contributed by atoms with van der Waals surface area (Å²) in [5, 5.41) is 5.82. The minimum Gasteiger partial charge on any atom is -0.357 e. The number of benzene rings is 1. The lowest BCUT2D eigenvalue weighted by Gasteiger charge is -2.41. The molecule has 2 rings (SSSR count). The maximum atomic E-state index is 14.1. The SMILES string of the molecule is CC[C@H](C(=O)N[C@H](C(=O)N(C)[C@H](CN(C)CC(=O)N1CCC[C@H]1C(=O)NC)C(C)C)C(C)(C)C)C(C)(C)c1ccccc1. The van der Waals surface area contributed by atoms with Gasteiger partial charge in [-0.15, -0.1) is 0 Å². The van der Waals surface area contributed by atoms with Crippen LogP contribution in [0.1, 0.15) is 80.2 Å². The van der Waals surface area contributed by atoms with Crippen LogP contribution in [0.3, 0.4) is 0 Å². The molecule has 1 aromatic rings. The summed E-state index contributed by atoms with van der Waals surface area (Å²) in [6, 6.07) is 8.70. The number of hydrogen-bond donors (Lipinski definition) is 2. The normalized spacial score (nSPS) is 17.9. The fourth-order valence-corrected chi connectivity index (χ4v) is 6.34. The van der Waals surface area contributed by atoms with Gasteiger partial charge in [-0.2, -0.15) is 0 Å². The highest BCUT2D eigenvalue weighted by Crippen LogP contribution is 2.35. The lowest BCUT2D eigenvalue weighted by atomic mass is 9.71. The van der Waals surface area contributed by atoms with Gasteiger partial charge in [-0.3, -0.25) is 24.1 Å².